The third-order valence-corrected chi connectivity index (χ3v) is 4.56. The number of hydrogen-bond donors (Lipinski definition) is 2. The van der Waals surface area contributed by atoms with Gasteiger partial charge in [-0.15, -0.1) is 0 Å². The number of nitrogens with one attached hydrogen (secondary N) is 1. The van der Waals surface area contributed by atoms with Crippen LogP contribution in [0.3, 0.4) is 0 Å². The van der Waals surface area contributed by atoms with Crippen molar-refractivity contribution in [2.24, 2.45) is 0 Å². The monoisotopic (exact) mass is 253 g/mol. The van der Waals surface area contributed by atoms with Gasteiger partial charge in [0.15, 0.2) is 0 Å². The highest BCUT2D eigenvalue weighted by Gasteiger charge is 2.45. The second-order valence-electron chi connectivity index (χ2n) is 4.46. The van der Waals surface area contributed by atoms with Crippen molar-refractivity contribution in [3.05, 3.63) is 18.0 Å². The van der Waals surface area contributed by atoms with Crippen LogP contribution in [0.1, 0.15) is 25.5 Å². The molecule has 2 atom stereocenters. The maximum absolute atomic E-state index is 10.4. The number of rotatable bonds is 5. The van der Waals surface area contributed by atoms with Crippen molar-refractivity contribution in [3.63, 3.8) is 0 Å². The van der Waals surface area contributed by atoms with Crippen LogP contribution in [-0.4, -0.2) is 38.2 Å². The van der Waals surface area contributed by atoms with Crippen molar-refractivity contribution in [2.45, 2.75) is 37.5 Å². The van der Waals surface area contributed by atoms with E-state index in [1.54, 1.807) is 6.20 Å². The van der Waals surface area contributed by atoms with Gasteiger partial charge in [-0.2, -0.15) is 11.8 Å². The Bertz CT molecular complexity index is 388. The third-order valence-electron chi connectivity index (χ3n) is 3.15. The molecule has 1 saturated carbocycles. The fourth-order valence-electron chi connectivity index (χ4n) is 2.00. The van der Waals surface area contributed by atoms with E-state index in [9.17, 15) is 5.11 Å². The summed E-state index contributed by atoms with van der Waals surface area (Å²) in [6, 6.07) is 1.86. The van der Waals surface area contributed by atoms with E-state index in [-0.39, 0.29) is 0 Å². The molecule has 1 aliphatic carbocycles. The van der Waals surface area contributed by atoms with Gasteiger partial charge < -0.3 is 10.4 Å². The van der Waals surface area contributed by atoms with Crippen LogP contribution in [0.4, 0.5) is 5.95 Å². The average molecular weight is 253 g/mol. The molecule has 1 aliphatic rings. The predicted octanol–water partition coefficient (Wildman–Crippen LogP) is 1.84. The molecule has 2 rings (SSSR count). The number of thioether (sulfide) groups is 1. The lowest BCUT2D eigenvalue weighted by Gasteiger charge is -2.45. The third kappa shape index (κ3) is 2.90. The molecule has 1 fully saturated rings. The topological polar surface area (TPSA) is 58.0 Å². The summed E-state index contributed by atoms with van der Waals surface area (Å²) in [5, 5.41) is 13.9. The molecule has 17 heavy (non-hydrogen) atoms. The van der Waals surface area contributed by atoms with E-state index in [0.717, 1.165) is 24.3 Å². The molecule has 0 aliphatic heterocycles. The Hall–Kier alpha value is -0.810. The number of aryl methyl sites for hydroxylation is 1. The molecule has 94 valence electrons. The van der Waals surface area contributed by atoms with Gasteiger partial charge in [-0.25, -0.2) is 9.97 Å². The first-order chi connectivity index (χ1) is 8.14. The average Bonchev–Trinajstić information content (AvgIpc) is 2.32. The van der Waals surface area contributed by atoms with Crippen molar-refractivity contribution in [1.82, 2.24) is 9.97 Å². The van der Waals surface area contributed by atoms with Gasteiger partial charge in [0.1, 0.15) is 0 Å². The molecule has 0 amide bonds. The molecule has 0 saturated heterocycles. The summed E-state index contributed by atoms with van der Waals surface area (Å²) in [4.78, 5) is 8.40. The Morgan fingerprint density at radius 1 is 1.65 bits per heavy atom. The van der Waals surface area contributed by atoms with Crippen molar-refractivity contribution in [1.29, 1.82) is 0 Å². The maximum atomic E-state index is 10.4. The van der Waals surface area contributed by atoms with Crippen LogP contribution in [0.2, 0.25) is 0 Å². The second-order valence-corrected chi connectivity index (χ2v) is 5.94. The SMILES string of the molecule is CCSC1CCC1(O)CNc1nccc(C)n1. The molecule has 2 N–H and O–H groups in total. The normalized spacial score (nSPS) is 27.6. The van der Waals surface area contributed by atoms with E-state index in [1.165, 1.54) is 0 Å². The molecule has 0 spiro atoms. The standard InChI is InChI=1S/C12H19N3OS/c1-3-17-10-4-6-12(10,16)8-14-11-13-7-5-9(2)15-11/h5,7,10,16H,3-4,6,8H2,1-2H3,(H,13,14,15). The Labute approximate surface area is 106 Å². The quantitative estimate of drug-likeness (QED) is 0.838. The first kappa shape index (κ1) is 12.6. The minimum Gasteiger partial charge on any atom is -0.387 e. The van der Waals surface area contributed by atoms with Crippen LogP contribution in [0.25, 0.3) is 0 Å². The van der Waals surface area contributed by atoms with E-state index >= 15 is 0 Å². The number of aromatic nitrogens is 2. The number of hydrogen-bond acceptors (Lipinski definition) is 5. The summed E-state index contributed by atoms with van der Waals surface area (Å²) in [7, 11) is 0. The van der Waals surface area contributed by atoms with Crippen molar-refractivity contribution in [2.75, 3.05) is 17.6 Å². The molecule has 0 radical (unpaired) electrons. The zero-order valence-electron chi connectivity index (χ0n) is 10.3. The van der Waals surface area contributed by atoms with E-state index in [2.05, 4.69) is 22.2 Å². The van der Waals surface area contributed by atoms with Gasteiger partial charge in [-0.3, -0.25) is 0 Å². The smallest absolute Gasteiger partial charge is 0.222 e. The Morgan fingerprint density at radius 3 is 3.06 bits per heavy atom. The first-order valence-electron chi connectivity index (χ1n) is 6.01. The molecular formula is C12H19N3OS. The van der Waals surface area contributed by atoms with Gasteiger partial charge in [0.05, 0.1) is 5.60 Å². The molecule has 1 aromatic heterocycles. The van der Waals surface area contributed by atoms with E-state index in [4.69, 9.17) is 0 Å². The second kappa shape index (κ2) is 5.23. The van der Waals surface area contributed by atoms with Gasteiger partial charge in [0, 0.05) is 23.7 Å². The van der Waals surface area contributed by atoms with Crippen LogP contribution in [0.5, 0.6) is 0 Å². The van der Waals surface area contributed by atoms with Gasteiger partial charge in [0.2, 0.25) is 5.95 Å². The van der Waals surface area contributed by atoms with Gasteiger partial charge in [-0.05, 0) is 31.6 Å². The van der Waals surface area contributed by atoms with Crippen LogP contribution >= 0.6 is 11.8 Å². The summed E-state index contributed by atoms with van der Waals surface area (Å²) >= 11 is 1.83. The molecule has 0 bridgehead atoms. The van der Waals surface area contributed by atoms with Crippen LogP contribution in [-0.2, 0) is 0 Å². The highest BCUT2D eigenvalue weighted by Crippen LogP contribution is 2.41. The molecule has 5 heteroatoms. The van der Waals surface area contributed by atoms with Crippen LogP contribution in [0, 0.1) is 6.92 Å². The highest BCUT2D eigenvalue weighted by molar-refractivity contribution is 8.00. The Balaban J connectivity index is 1.89. The summed E-state index contributed by atoms with van der Waals surface area (Å²) in [5.74, 6) is 1.65. The Kier molecular flexibility index (Phi) is 3.89. The van der Waals surface area contributed by atoms with Gasteiger partial charge in [0.25, 0.3) is 0 Å². The summed E-state index contributed by atoms with van der Waals surface area (Å²) in [5.41, 5.74) is 0.343. The first-order valence-corrected chi connectivity index (χ1v) is 7.06. The lowest BCUT2D eigenvalue weighted by atomic mass is 9.79. The lowest BCUT2D eigenvalue weighted by molar-refractivity contribution is -0.0121. The molecular weight excluding hydrogens is 234 g/mol. The molecule has 2 unspecified atom stereocenters. The number of aliphatic hydroxyl groups is 1. The summed E-state index contributed by atoms with van der Waals surface area (Å²) in [6.45, 7) is 4.59. The maximum Gasteiger partial charge on any atom is 0.222 e. The number of nitrogens with zero attached hydrogens (tertiary/aromatic N) is 2. The fraction of sp³-hybridized carbons (Fsp3) is 0.667. The summed E-state index contributed by atoms with van der Waals surface area (Å²) < 4.78 is 0. The highest BCUT2D eigenvalue weighted by atomic mass is 32.2. The van der Waals surface area contributed by atoms with Crippen LogP contribution < -0.4 is 5.32 Å². The summed E-state index contributed by atoms with van der Waals surface area (Å²) in [6.07, 6.45) is 3.70. The van der Waals surface area contributed by atoms with Crippen molar-refractivity contribution >= 4 is 17.7 Å². The predicted molar refractivity (Wildman–Crippen MR) is 71.4 cm³/mol. The molecule has 0 aromatic carbocycles. The molecule has 1 aromatic rings. The lowest BCUT2D eigenvalue weighted by Crippen LogP contribution is -2.54. The zero-order chi connectivity index (χ0) is 12.3. The van der Waals surface area contributed by atoms with E-state index in [0.29, 0.717) is 17.7 Å². The van der Waals surface area contributed by atoms with Gasteiger partial charge >= 0.3 is 0 Å². The van der Waals surface area contributed by atoms with Crippen molar-refractivity contribution < 1.29 is 5.11 Å². The number of anilines is 1. The fourth-order valence-corrected chi connectivity index (χ4v) is 3.20. The Morgan fingerprint density at radius 2 is 2.47 bits per heavy atom. The van der Waals surface area contributed by atoms with Gasteiger partial charge in [-0.1, -0.05) is 6.92 Å². The van der Waals surface area contributed by atoms with Crippen LogP contribution in [0.15, 0.2) is 12.3 Å². The molecule has 4 nitrogen and oxygen atoms in total. The van der Waals surface area contributed by atoms with E-state index in [1.807, 2.05) is 24.8 Å². The minimum atomic E-state index is -0.590. The molecule has 1 heterocycles. The minimum absolute atomic E-state index is 0.352. The zero-order valence-corrected chi connectivity index (χ0v) is 11.1. The van der Waals surface area contributed by atoms with Crippen molar-refractivity contribution in [3.8, 4) is 0 Å². The van der Waals surface area contributed by atoms with E-state index < -0.39 is 5.60 Å². The largest absolute Gasteiger partial charge is 0.387 e.